The van der Waals surface area contributed by atoms with Crippen LogP contribution in [0.15, 0.2) is 28.7 Å². The molecule has 0 aliphatic carbocycles. The van der Waals surface area contributed by atoms with Crippen molar-refractivity contribution in [2.45, 2.75) is 31.8 Å². The first kappa shape index (κ1) is 13.6. The molecule has 2 rings (SSSR count). The van der Waals surface area contributed by atoms with Crippen molar-refractivity contribution < 1.29 is 9.53 Å². The molecule has 18 heavy (non-hydrogen) atoms. The highest BCUT2D eigenvalue weighted by molar-refractivity contribution is 9.10. The fourth-order valence-corrected chi connectivity index (χ4v) is 2.84. The summed E-state index contributed by atoms with van der Waals surface area (Å²) in [5.41, 5.74) is 1.22. The Morgan fingerprint density at radius 2 is 2.22 bits per heavy atom. The third-order valence-corrected chi connectivity index (χ3v) is 4.19. The summed E-state index contributed by atoms with van der Waals surface area (Å²) in [6.07, 6.45) is 3.15. The van der Waals surface area contributed by atoms with Gasteiger partial charge in [-0.15, -0.1) is 0 Å². The third kappa shape index (κ3) is 3.12. The van der Waals surface area contributed by atoms with E-state index in [2.05, 4.69) is 26.9 Å². The lowest BCUT2D eigenvalue weighted by Crippen LogP contribution is -2.44. The summed E-state index contributed by atoms with van der Waals surface area (Å²) in [6, 6.07) is 8.06. The Kier molecular flexibility index (Phi) is 4.78. The Labute approximate surface area is 116 Å². The predicted octanol–water partition coefficient (Wildman–Crippen LogP) is 2.98. The van der Waals surface area contributed by atoms with Crippen molar-refractivity contribution in [2.24, 2.45) is 0 Å². The lowest BCUT2D eigenvalue weighted by Gasteiger charge is -2.33. The van der Waals surface area contributed by atoms with Gasteiger partial charge < -0.3 is 4.74 Å². The lowest BCUT2D eigenvalue weighted by molar-refractivity contribution is -0.148. The molecule has 1 aromatic rings. The van der Waals surface area contributed by atoms with Crippen molar-refractivity contribution in [3.05, 3.63) is 34.3 Å². The van der Waals surface area contributed by atoms with Crippen LogP contribution in [0.2, 0.25) is 0 Å². The molecule has 1 fully saturated rings. The van der Waals surface area contributed by atoms with E-state index in [9.17, 15) is 4.79 Å². The monoisotopic (exact) mass is 311 g/mol. The minimum atomic E-state index is -0.109. The van der Waals surface area contributed by atoms with Gasteiger partial charge in [0.15, 0.2) is 0 Å². The van der Waals surface area contributed by atoms with E-state index < -0.39 is 0 Å². The van der Waals surface area contributed by atoms with Crippen LogP contribution in [0.5, 0.6) is 0 Å². The number of methoxy groups -OCH3 is 1. The van der Waals surface area contributed by atoms with Crippen LogP contribution in [-0.2, 0) is 16.1 Å². The number of ether oxygens (including phenoxy) is 1. The number of carbonyl (C=O) groups is 1. The molecule has 1 heterocycles. The number of halogens is 1. The minimum Gasteiger partial charge on any atom is -0.468 e. The third-order valence-electron chi connectivity index (χ3n) is 3.42. The number of hydrogen-bond acceptors (Lipinski definition) is 3. The largest absolute Gasteiger partial charge is 0.468 e. The molecule has 0 bridgehead atoms. The summed E-state index contributed by atoms with van der Waals surface area (Å²) in [5.74, 6) is -0.109. The predicted molar refractivity (Wildman–Crippen MR) is 74.2 cm³/mol. The van der Waals surface area contributed by atoms with Gasteiger partial charge in [-0.3, -0.25) is 9.69 Å². The zero-order valence-electron chi connectivity index (χ0n) is 10.6. The fraction of sp³-hybridized carbons (Fsp3) is 0.500. The zero-order valence-corrected chi connectivity index (χ0v) is 12.1. The molecule has 1 aliphatic heterocycles. The van der Waals surface area contributed by atoms with Crippen LogP contribution in [0.1, 0.15) is 24.8 Å². The van der Waals surface area contributed by atoms with Gasteiger partial charge in [0.1, 0.15) is 6.04 Å². The molecule has 0 saturated carbocycles. The van der Waals surface area contributed by atoms with Gasteiger partial charge in [0.25, 0.3) is 0 Å². The van der Waals surface area contributed by atoms with E-state index in [1.54, 1.807) is 0 Å². The highest BCUT2D eigenvalue weighted by atomic mass is 79.9. The molecule has 0 amide bonds. The van der Waals surface area contributed by atoms with E-state index in [1.165, 1.54) is 12.7 Å². The van der Waals surface area contributed by atoms with Gasteiger partial charge in [-0.05, 0) is 31.0 Å². The number of nitrogens with zero attached hydrogens (tertiary/aromatic N) is 1. The summed E-state index contributed by atoms with van der Waals surface area (Å²) in [7, 11) is 1.47. The number of rotatable bonds is 3. The highest BCUT2D eigenvalue weighted by Gasteiger charge is 2.29. The van der Waals surface area contributed by atoms with E-state index in [0.29, 0.717) is 0 Å². The van der Waals surface area contributed by atoms with Gasteiger partial charge in [0, 0.05) is 11.0 Å². The van der Waals surface area contributed by atoms with Crippen molar-refractivity contribution >= 4 is 21.9 Å². The molecule has 1 aliphatic rings. The second-order valence-electron chi connectivity index (χ2n) is 4.60. The summed E-state index contributed by atoms with van der Waals surface area (Å²) in [5, 5.41) is 0. The van der Waals surface area contributed by atoms with Crippen LogP contribution in [-0.4, -0.2) is 30.6 Å². The van der Waals surface area contributed by atoms with Gasteiger partial charge in [-0.25, -0.2) is 0 Å². The molecular formula is C14H18BrNO2. The van der Waals surface area contributed by atoms with Crippen LogP contribution in [0, 0.1) is 0 Å². The minimum absolute atomic E-state index is 0.0872. The molecule has 0 aromatic heterocycles. The fourth-order valence-electron chi connectivity index (χ4n) is 2.43. The Morgan fingerprint density at radius 3 is 2.94 bits per heavy atom. The van der Waals surface area contributed by atoms with Crippen LogP contribution in [0.4, 0.5) is 0 Å². The average Bonchev–Trinajstić information content (AvgIpc) is 2.41. The van der Waals surface area contributed by atoms with Crippen molar-refractivity contribution in [3.8, 4) is 0 Å². The van der Waals surface area contributed by atoms with Crippen LogP contribution < -0.4 is 0 Å². The molecule has 1 saturated heterocycles. The van der Waals surface area contributed by atoms with Gasteiger partial charge >= 0.3 is 5.97 Å². The molecule has 3 nitrogen and oxygen atoms in total. The highest BCUT2D eigenvalue weighted by Crippen LogP contribution is 2.24. The normalized spacial score (nSPS) is 20.7. The Hall–Kier alpha value is -0.870. The first-order chi connectivity index (χ1) is 8.72. The van der Waals surface area contributed by atoms with Gasteiger partial charge in [-0.1, -0.05) is 40.5 Å². The van der Waals surface area contributed by atoms with E-state index >= 15 is 0 Å². The van der Waals surface area contributed by atoms with Crippen molar-refractivity contribution in [1.82, 2.24) is 4.90 Å². The maximum absolute atomic E-state index is 11.8. The zero-order chi connectivity index (χ0) is 13.0. The molecule has 98 valence electrons. The van der Waals surface area contributed by atoms with Crippen molar-refractivity contribution in [3.63, 3.8) is 0 Å². The topological polar surface area (TPSA) is 29.5 Å². The van der Waals surface area contributed by atoms with Crippen molar-refractivity contribution in [2.75, 3.05) is 13.7 Å². The van der Waals surface area contributed by atoms with E-state index in [-0.39, 0.29) is 12.0 Å². The average molecular weight is 312 g/mol. The molecule has 1 aromatic carbocycles. The second-order valence-corrected chi connectivity index (χ2v) is 5.45. The molecular weight excluding hydrogens is 294 g/mol. The number of likely N-dealkylation sites (tertiary alicyclic amines) is 1. The first-order valence-corrected chi connectivity index (χ1v) is 7.07. The summed E-state index contributed by atoms with van der Waals surface area (Å²) in [6.45, 7) is 1.75. The second kappa shape index (κ2) is 6.34. The number of benzene rings is 1. The maximum atomic E-state index is 11.8. The van der Waals surface area contributed by atoms with Gasteiger partial charge in [0.05, 0.1) is 7.11 Å². The summed E-state index contributed by atoms with van der Waals surface area (Å²) < 4.78 is 5.99. The maximum Gasteiger partial charge on any atom is 0.323 e. The summed E-state index contributed by atoms with van der Waals surface area (Å²) >= 11 is 3.55. The first-order valence-electron chi connectivity index (χ1n) is 6.27. The number of esters is 1. The molecule has 0 radical (unpaired) electrons. The molecule has 0 N–H and O–H groups in total. The van der Waals surface area contributed by atoms with E-state index in [1.807, 2.05) is 18.2 Å². The van der Waals surface area contributed by atoms with Crippen LogP contribution >= 0.6 is 15.9 Å². The number of piperidine rings is 1. The lowest BCUT2D eigenvalue weighted by atomic mass is 10.0. The molecule has 1 atom stereocenters. The standard InChI is InChI=1S/C14H18BrNO2/c1-18-14(17)13-8-4-5-9-16(13)10-11-6-2-3-7-12(11)15/h2-3,6-7,13H,4-5,8-10H2,1H3/t13-/m1/s1. The van der Waals surface area contributed by atoms with E-state index in [4.69, 9.17) is 4.74 Å². The molecule has 4 heteroatoms. The summed E-state index contributed by atoms with van der Waals surface area (Å²) in [4.78, 5) is 14.0. The van der Waals surface area contributed by atoms with Gasteiger partial charge in [0.2, 0.25) is 0 Å². The number of carbonyl (C=O) groups excluding carboxylic acids is 1. The quantitative estimate of drug-likeness (QED) is 0.804. The smallest absolute Gasteiger partial charge is 0.323 e. The Morgan fingerprint density at radius 1 is 1.44 bits per heavy atom. The van der Waals surface area contributed by atoms with Crippen LogP contribution in [0.3, 0.4) is 0 Å². The van der Waals surface area contributed by atoms with Gasteiger partial charge in [-0.2, -0.15) is 0 Å². The molecule has 0 unspecified atom stereocenters. The van der Waals surface area contributed by atoms with E-state index in [0.717, 1.165) is 36.8 Å². The molecule has 0 spiro atoms. The number of hydrogen-bond donors (Lipinski definition) is 0. The SMILES string of the molecule is COC(=O)[C@H]1CCCCN1Cc1ccccc1Br. The van der Waals surface area contributed by atoms with Crippen LogP contribution in [0.25, 0.3) is 0 Å². The van der Waals surface area contributed by atoms with Crippen molar-refractivity contribution in [1.29, 1.82) is 0 Å². The Bertz CT molecular complexity index is 422. The Balaban J connectivity index is 2.10.